The van der Waals surface area contributed by atoms with Gasteiger partial charge in [-0.15, -0.1) is 0 Å². The normalized spacial score (nSPS) is 10.5. The second-order valence-corrected chi connectivity index (χ2v) is 8.33. The van der Waals surface area contributed by atoms with Gasteiger partial charge in [0.15, 0.2) is 14.7 Å². The van der Waals surface area contributed by atoms with Crippen molar-refractivity contribution < 1.29 is 19.0 Å². The van der Waals surface area contributed by atoms with Crippen LogP contribution in [0.4, 0.5) is 0 Å². The molecule has 0 amide bonds. The predicted octanol–water partition coefficient (Wildman–Crippen LogP) is 5.28. The Bertz CT molecular complexity index is 929. The molecule has 0 heterocycles. The van der Waals surface area contributed by atoms with E-state index in [1.165, 1.54) is 0 Å². The van der Waals surface area contributed by atoms with Crippen LogP contribution in [0.2, 0.25) is 0 Å². The smallest absolute Gasteiger partial charge is 0.338 e. The minimum absolute atomic E-state index is 0.334. The van der Waals surface area contributed by atoms with Gasteiger partial charge >= 0.3 is 5.97 Å². The van der Waals surface area contributed by atoms with Crippen molar-refractivity contribution in [2.24, 2.45) is 0 Å². The molecule has 29 heavy (non-hydrogen) atoms. The third kappa shape index (κ3) is 5.00. The summed E-state index contributed by atoms with van der Waals surface area (Å²) in [6, 6.07) is 23.7. The molecular weight excluding hydrogens is 384 g/mol. The van der Waals surface area contributed by atoms with E-state index in [0.29, 0.717) is 11.3 Å². The summed E-state index contributed by atoms with van der Waals surface area (Å²) in [5.74, 6) is 1.69. The Kier molecular flexibility index (Phi) is 6.62. The van der Waals surface area contributed by atoms with E-state index in [9.17, 15) is 4.79 Å². The van der Waals surface area contributed by atoms with Crippen molar-refractivity contribution in [3.63, 3.8) is 0 Å². The van der Waals surface area contributed by atoms with Crippen LogP contribution in [0.25, 0.3) is 0 Å². The summed E-state index contributed by atoms with van der Waals surface area (Å²) in [7, 11) is 2.98. The first-order chi connectivity index (χ1) is 14.0. The van der Waals surface area contributed by atoms with Crippen molar-refractivity contribution in [1.82, 2.24) is 0 Å². The molecule has 0 saturated carbocycles. The minimum atomic E-state index is -0.429. The summed E-state index contributed by atoms with van der Waals surface area (Å²) in [4.78, 5) is 15.2. The van der Waals surface area contributed by atoms with E-state index in [1.807, 2.05) is 48.5 Å². The largest absolute Gasteiger partial charge is 0.497 e. The third-order valence-electron chi connectivity index (χ3n) is 4.21. The number of methoxy groups -OCH3 is 2. The van der Waals surface area contributed by atoms with Gasteiger partial charge in [0, 0.05) is 5.57 Å². The average Bonchev–Trinajstić information content (AvgIpc) is 2.76. The van der Waals surface area contributed by atoms with Crippen LogP contribution in [-0.4, -0.2) is 20.2 Å². The second kappa shape index (κ2) is 9.34. The zero-order chi connectivity index (χ0) is 20.8. The lowest BCUT2D eigenvalue weighted by Gasteiger charge is -2.10. The Hall–Kier alpha value is -3.18. The highest BCUT2D eigenvalue weighted by molar-refractivity contribution is 7.97. The highest BCUT2D eigenvalue weighted by atomic mass is 32.2. The molecule has 3 rings (SSSR count). The number of hydrogen-bond donors (Lipinski definition) is 0. The molecular formula is C24H23O4S+. The number of esters is 1. The zero-order valence-electron chi connectivity index (χ0n) is 16.7. The molecule has 148 valence electrons. The van der Waals surface area contributed by atoms with Crippen LogP contribution < -0.4 is 14.2 Å². The monoisotopic (exact) mass is 407 g/mol. The van der Waals surface area contributed by atoms with Gasteiger partial charge in [0.1, 0.15) is 17.2 Å². The number of carbonyl (C=O) groups excluding carboxylic acids is 1. The molecule has 0 saturated heterocycles. The van der Waals surface area contributed by atoms with E-state index in [4.69, 9.17) is 14.2 Å². The van der Waals surface area contributed by atoms with Crippen molar-refractivity contribution >= 4 is 16.9 Å². The van der Waals surface area contributed by atoms with Crippen molar-refractivity contribution in [2.45, 2.75) is 21.6 Å². The van der Waals surface area contributed by atoms with E-state index >= 15 is 0 Å². The fourth-order valence-corrected chi connectivity index (χ4v) is 4.71. The molecule has 5 heteroatoms. The molecule has 4 nitrogen and oxygen atoms in total. The maximum Gasteiger partial charge on any atom is 0.338 e. The summed E-state index contributed by atoms with van der Waals surface area (Å²) < 4.78 is 15.9. The lowest BCUT2D eigenvalue weighted by molar-refractivity contribution is -0.130. The van der Waals surface area contributed by atoms with Gasteiger partial charge in [0.25, 0.3) is 0 Å². The standard InChI is InChI=1S/C24H23O4S/c1-17(2)24(25)28-20-9-15-23(16-10-20)29(21-11-5-18(26-3)6-12-21)22-13-7-19(27-4)8-14-22/h5-16H,1H2,2-4H3/q+1. The summed E-state index contributed by atoms with van der Waals surface area (Å²) in [6.07, 6.45) is 0. The van der Waals surface area contributed by atoms with Crippen LogP contribution in [0.15, 0.2) is 99.6 Å². The molecule has 0 aromatic heterocycles. The zero-order valence-corrected chi connectivity index (χ0v) is 17.5. The number of hydrogen-bond acceptors (Lipinski definition) is 4. The fraction of sp³-hybridized carbons (Fsp3) is 0.125. The summed E-state index contributed by atoms with van der Waals surface area (Å²) in [6.45, 7) is 5.24. The van der Waals surface area contributed by atoms with Crippen LogP contribution in [0.3, 0.4) is 0 Å². The number of rotatable bonds is 7. The molecule has 0 aliphatic carbocycles. The quantitative estimate of drug-likeness (QED) is 0.231. The van der Waals surface area contributed by atoms with Crippen LogP contribution in [0, 0.1) is 0 Å². The van der Waals surface area contributed by atoms with Gasteiger partial charge in [0.2, 0.25) is 0 Å². The number of ether oxygens (including phenoxy) is 3. The Morgan fingerprint density at radius 2 is 1.03 bits per heavy atom. The molecule has 0 bridgehead atoms. The first-order valence-corrected chi connectivity index (χ1v) is 10.2. The van der Waals surface area contributed by atoms with Crippen molar-refractivity contribution in [3.05, 3.63) is 84.9 Å². The molecule has 0 aliphatic heterocycles. The topological polar surface area (TPSA) is 44.8 Å². The maximum absolute atomic E-state index is 11.8. The number of carbonyl (C=O) groups is 1. The lowest BCUT2D eigenvalue weighted by atomic mass is 10.3. The Morgan fingerprint density at radius 1 is 0.690 bits per heavy atom. The summed E-state index contributed by atoms with van der Waals surface area (Å²) >= 11 is 0. The molecule has 3 aromatic rings. The molecule has 0 spiro atoms. The van der Waals surface area contributed by atoms with Crippen LogP contribution in [0.5, 0.6) is 17.2 Å². The van der Waals surface area contributed by atoms with Gasteiger partial charge in [-0.05, 0) is 79.7 Å². The maximum atomic E-state index is 11.8. The van der Waals surface area contributed by atoms with Crippen molar-refractivity contribution in [1.29, 1.82) is 0 Å². The first-order valence-electron chi connectivity index (χ1n) is 9.02. The Labute approximate surface area is 174 Å². The fourth-order valence-electron chi connectivity index (χ4n) is 2.67. The van der Waals surface area contributed by atoms with Crippen molar-refractivity contribution in [3.8, 4) is 17.2 Å². The van der Waals surface area contributed by atoms with Gasteiger partial charge in [-0.2, -0.15) is 0 Å². The average molecular weight is 408 g/mol. The van der Waals surface area contributed by atoms with Crippen LogP contribution in [0.1, 0.15) is 6.92 Å². The number of benzene rings is 3. The van der Waals surface area contributed by atoms with Crippen LogP contribution >= 0.6 is 0 Å². The van der Waals surface area contributed by atoms with E-state index in [0.717, 1.165) is 26.2 Å². The van der Waals surface area contributed by atoms with E-state index < -0.39 is 5.97 Å². The van der Waals surface area contributed by atoms with E-state index in [1.54, 1.807) is 21.1 Å². The molecule has 0 unspecified atom stereocenters. The SMILES string of the molecule is C=C(C)C(=O)Oc1ccc([S+](c2ccc(OC)cc2)c2ccc(OC)cc2)cc1. The summed E-state index contributed by atoms with van der Waals surface area (Å²) in [5.41, 5.74) is 0.366. The third-order valence-corrected chi connectivity index (χ3v) is 6.44. The molecule has 0 radical (unpaired) electrons. The lowest BCUT2D eigenvalue weighted by Crippen LogP contribution is -2.09. The van der Waals surface area contributed by atoms with Crippen molar-refractivity contribution in [2.75, 3.05) is 14.2 Å². The van der Waals surface area contributed by atoms with Gasteiger partial charge in [-0.1, -0.05) is 6.58 Å². The molecule has 3 aromatic carbocycles. The van der Waals surface area contributed by atoms with Gasteiger partial charge < -0.3 is 14.2 Å². The van der Waals surface area contributed by atoms with E-state index in [-0.39, 0.29) is 10.9 Å². The molecule has 0 atom stereocenters. The van der Waals surface area contributed by atoms with Gasteiger partial charge in [-0.3, -0.25) is 0 Å². The Morgan fingerprint density at radius 3 is 1.34 bits per heavy atom. The Balaban J connectivity index is 1.97. The first kappa shape index (κ1) is 20.6. The van der Waals surface area contributed by atoms with E-state index in [2.05, 4.69) is 30.8 Å². The predicted molar refractivity (Wildman–Crippen MR) is 115 cm³/mol. The minimum Gasteiger partial charge on any atom is -0.497 e. The van der Waals surface area contributed by atoms with Gasteiger partial charge in [0.05, 0.1) is 25.1 Å². The van der Waals surface area contributed by atoms with Gasteiger partial charge in [-0.25, -0.2) is 4.79 Å². The second-order valence-electron chi connectivity index (χ2n) is 6.30. The van der Waals surface area contributed by atoms with Crippen LogP contribution in [-0.2, 0) is 15.7 Å². The highest BCUT2D eigenvalue weighted by Crippen LogP contribution is 2.34. The summed E-state index contributed by atoms with van der Waals surface area (Å²) in [5, 5.41) is 0. The molecule has 0 fully saturated rings. The molecule has 0 aliphatic rings. The highest BCUT2D eigenvalue weighted by Gasteiger charge is 2.29. The molecule has 0 N–H and O–H groups in total.